The van der Waals surface area contributed by atoms with Gasteiger partial charge in [-0.2, -0.15) is 0 Å². The van der Waals surface area contributed by atoms with Gasteiger partial charge in [-0.1, -0.05) is 17.7 Å². The van der Waals surface area contributed by atoms with Crippen molar-refractivity contribution in [2.45, 2.75) is 12.5 Å². The van der Waals surface area contributed by atoms with Crippen LogP contribution in [0.25, 0.3) is 0 Å². The van der Waals surface area contributed by atoms with E-state index in [1.807, 2.05) is 0 Å². The van der Waals surface area contributed by atoms with Crippen LogP contribution in [-0.2, 0) is 0 Å². The van der Waals surface area contributed by atoms with E-state index in [2.05, 4.69) is 5.32 Å². The molecule has 0 aliphatic heterocycles. The van der Waals surface area contributed by atoms with Crippen molar-refractivity contribution in [2.75, 3.05) is 11.8 Å². The average molecular weight is 299 g/mol. The summed E-state index contributed by atoms with van der Waals surface area (Å²) in [5.41, 5.74) is -0.909. The predicted octanol–water partition coefficient (Wildman–Crippen LogP) is 3.45. The van der Waals surface area contributed by atoms with Crippen molar-refractivity contribution in [3.63, 3.8) is 0 Å². The van der Waals surface area contributed by atoms with Crippen molar-refractivity contribution in [3.8, 4) is 0 Å². The van der Waals surface area contributed by atoms with Crippen LogP contribution in [0.3, 0.4) is 0 Å². The van der Waals surface area contributed by atoms with Crippen LogP contribution in [-0.4, -0.2) is 23.2 Å². The summed E-state index contributed by atoms with van der Waals surface area (Å²) >= 11 is 17.0. The maximum Gasteiger partial charge on any atom is 0.254 e. The summed E-state index contributed by atoms with van der Waals surface area (Å²) in [6, 6.07) is 4.22. The zero-order valence-electron chi connectivity index (χ0n) is 9.07. The van der Waals surface area contributed by atoms with Crippen LogP contribution < -0.4 is 5.32 Å². The molecule has 0 atom stereocenters. The summed E-state index contributed by atoms with van der Waals surface area (Å²) in [5.74, 6) is -1.08. The quantitative estimate of drug-likeness (QED) is 0.848. The molecule has 1 rings (SSSR count). The minimum Gasteiger partial charge on any atom is -0.344 e. The molecule has 94 valence electrons. The Morgan fingerprint density at radius 1 is 1.41 bits per heavy atom. The van der Waals surface area contributed by atoms with E-state index in [1.165, 1.54) is 18.2 Å². The first-order chi connectivity index (χ1) is 7.93. The van der Waals surface area contributed by atoms with Crippen molar-refractivity contribution in [1.29, 1.82) is 0 Å². The van der Waals surface area contributed by atoms with Crippen LogP contribution >= 0.6 is 34.8 Å². The molecule has 6 heteroatoms. The number of carbonyl (C=O) groups excluding carboxylic acids is 1. The number of amides is 1. The summed E-state index contributed by atoms with van der Waals surface area (Å²) in [7, 11) is 0. The van der Waals surface area contributed by atoms with Gasteiger partial charge in [0.2, 0.25) is 0 Å². The van der Waals surface area contributed by atoms with Gasteiger partial charge >= 0.3 is 0 Å². The van der Waals surface area contributed by atoms with Gasteiger partial charge in [-0.15, -0.1) is 23.2 Å². The lowest BCUT2D eigenvalue weighted by Crippen LogP contribution is -2.49. The van der Waals surface area contributed by atoms with E-state index in [0.29, 0.717) is 0 Å². The molecule has 1 N–H and O–H groups in total. The van der Waals surface area contributed by atoms with Gasteiger partial charge < -0.3 is 5.32 Å². The minimum absolute atomic E-state index is 0.101. The van der Waals surface area contributed by atoms with E-state index in [0.717, 1.165) is 0 Å². The highest BCUT2D eigenvalue weighted by molar-refractivity contribution is 6.31. The molecular formula is C11H11Cl3FNO. The van der Waals surface area contributed by atoms with Crippen LogP contribution in [0.2, 0.25) is 5.02 Å². The highest BCUT2D eigenvalue weighted by atomic mass is 35.5. The lowest BCUT2D eigenvalue weighted by Gasteiger charge is -2.26. The van der Waals surface area contributed by atoms with Gasteiger partial charge in [0.1, 0.15) is 0 Å². The fourth-order valence-corrected chi connectivity index (χ4v) is 1.72. The number of nitrogens with one attached hydrogen (secondary N) is 1. The number of hydrogen-bond acceptors (Lipinski definition) is 1. The molecule has 1 aromatic rings. The van der Waals surface area contributed by atoms with Crippen molar-refractivity contribution in [3.05, 3.63) is 34.6 Å². The standard InChI is InChI=1S/C11H11Cl3FNO/c1-11(5-12,6-13)16-10(17)7-3-2-4-8(14)9(7)15/h2-4H,5-6H2,1H3,(H,16,17). The molecule has 17 heavy (non-hydrogen) atoms. The number of halogens is 4. The van der Waals surface area contributed by atoms with Gasteiger partial charge in [0.05, 0.1) is 16.1 Å². The zero-order chi connectivity index (χ0) is 13.1. The Balaban J connectivity index is 2.94. The molecule has 0 bridgehead atoms. The van der Waals surface area contributed by atoms with E-state index < -0.39 is 17.3 Å². The van der Waals surface area contributed by atoms with Crippen LogP contribution in [0.1, 0.15) is 17.3 Å². The lowest BCUT2D eigenvalue weighted by atomic mass is 10.1. The van der Waals surface area contributed by atoms with Gasteiger partial charge in [-0.3, -0.25) is 4.79 Å². The Labute approximate surface area is 114 Å². The molecule has 1 aromatic carbocycles. The van der Waals surface area contributed by atoms with Gasteiger partial charge in [0.25, 0.3) is 5.91 Å². The molecule has 0 radical (unpaired) electrons. The van der Waals surface area contributed by atoms with Crippen molar-refractivity contribution in [1.82, 2.24) is 5.32 Å². The lowest BCUT2D eigenvalue weighted by molar-refractivity contribution is 0.0917. The molecule has 0 spiro atoms. The third-order valence-corrected chi connectivity index (χ3v) is 3.67. The molecule has 0 aliphatic rings. The van der Waals surface area contributed by atoms with Gasteiger partial charge in [0.15, 0.2) is 5.82 Å². The average Bonchev–Trinajstić information content (AvgIpc) is 2.32. The largest absolute Gasteiger partial charge is 0.344 e. The third-order valence-electron chi connectivity index (χ3n) is 2.20. The Kier molecular flexibility index (Phi) is 5.04. The van der Waals surface area contributed by atoms with Crippen LogP contribution in [0, 0.1) is 5.82 Å². The highest BCUT2D eigenvalue weighted by Gasteiger charge is 2.26. The number of alkyl halides is 2. The van der Waals surface area contributed by atoms with Gasteiger partial charge in [-0.05, 0) is 19.1 Å². The molecule has 0 unspecified atom stereocenters. The molecule has 1 amide bonds. The molecule has 0 aliphatic carbocycles. The monoisotopic (exact) mass is 297 g/mol. The second-order valence-corrected chi connectivity index (χ2v) is 4.83. The minimum atomic E-state index is -0.783. The van der Waals surface area contributed by atoms with E-state index in [9.17, 15) is 9.18 Å². The Hall–Kier alpha value is -0.510. The number of benzene rings is 1. The smallest absolute Gasteiger partial charge is 0.254 e. The first kappa shape index (κ1) is 14.6. The van der Waals surface area contributed by atoms with Crippen molar-refractivity contribution >= 4 is 40.7 Å². The number of rotatable bonds is 4. The van der Waals surface area contributed by atoms with Gasteiger partial charge in [0, 0.05) is 11.8 Å². The summed E-state index contributed by atoms with van der Waals surface area (Å²) in [6.07, 6.45) is 0. The van der Waals surface area contributed by atoms with Crippen molar-refractivity contribution in [2.24, 2.45) is 0 Å². The van der Waals surface area contributed by atoms with Gasteiger partial charge in [-0.25, -0.2) is 4.39 Å². The zero-order valence-corrected chi connectivity index (χ0v) is 11.3. The second kappa shape index (κ2) is 5.89. The number of carbonyl (C=O) groups is 1. The molecule has 0 saturated heterocycles. The van der Waals surface area contributed by atoms with E-state index in [-0.39, 0.29) is 22.3 Å². The Bertz CT molecular complexity index is 421. The molecule has 0 saturated carbocycles. The Morgan fingerprint density at radius 3 is 2.53 bits per heavy atom. The predicted molar refractivity (Wildman–Crippen MR) is 68.7 cm³/mol. The topological polar surface area (TPSA) is 29.1 Å². The maximum atomic E-state index is 13.6. The summed E-state index contributed by atoms with van der Waals surface area (Å²) in [4.78, 5) is 11.8. The summed E-state index contributed by atoms with van der Waals surface area (Å²) in [5, 5.41) is 2.47. The first-order valence-corrected chi connectivity index (χ1v) is 6.26. The fourth-order valence-electron chi connectivity index (χ4n) is 1.12. The highest BCUT2D eigenvalue weighted by Crippen LogP contribution is 2.19. The Morgan fingerprint density at radius 2 is 2.00 bits per heavy atom. The number of hydrogen-bond donors (Lipinski definition) is 1. The normalized spacial score (nSPS) is 11.4. The van der Waals surface area contributed by atoms with Crippen molar-refractivity contribution < 1.29 is 9.18 Å². The van der Waals surface area contributed by atoms with Crippen LogP contribution in [0.5, 0.6) is 0 Å². The molecular weight excluding hydrogens is 287 g/mol. The van der Waals surface area contributed by atoms with Crippen LogP contribution in [0.15, 0.2) is 18.2 Å². The summed E-state index contributed by atoms with van der Waals surface area (Å²) in [6.45, 7) is 1.67. The molecule has 2 nitrogen and oxygen atoms in total. The third kappa shape index (κ3) is 3.47. The molecule has 0 fully saturated rings. The maximum absolute atomic E-state index is 13.6. The first-order valence-electron chi connectivity index (χ1n) is 4.82. The second-order valence-electron chi connectivity index (χ2n) is 3.88. The molecule has 0 heterocycles. The summed E-state index contributed by atoms with van der Waals surface area (Å²) < 4.78 is 13.6. The SMILES string of the molecule is CC(CCl)(CCl)NC(=O)c1cccc(Cl)c1F. The molecule has 0 aromatic heterocycles. The van der Waals surface area contributed by atoms with E-state index in [1.54, 1.807) is 6.92 Å². The fraction of sp³-hybridized carbons (Fsp3) is 0.364. The van der Waals surface area contributed by atoms with E-state index in [4.69, 9.17) is 34.8 Å². The van der Waals surface area contributed by atoms with E-state index >= 15 is 0 Å². The van der Waals surface area contributed by atoms with Crippen LogP contribution in [0.4, 0.5) is 4.39 Å².